The summed E-state index contributed by atoms with van der Waals surface area (Å²) in [4.78, 5) is 0. The Morgan fingerprint density at radius 1 is 0.207 bits per heavy atom. The molecule has 0 N–H and O–H groups in total. The lowest BCUT2D eigenvalue weighted by atomic mass is 10.0. The van der Waals surface area contributed by atoms with Gasteiger partial charge in [-0.1, -0.05) is 155 Å². The minimum atomic E-state index is 1.21. The summed E-state index contributed by atoms with van der Waals surface area (Å²) in [7, 11) is 0. The first-order valence-corrected chi connectivity index (χ1v) is 11.8. The third kappa shape index (κ3) is 20.5. The van der Waals surface area contributed by atoms with Crippen molar-refractivity contribution in [3.63, 3.8) is 0 Å². The molecule has 0 spiro atoms. The molecule has 0 aromatic carbocycles. The van der Waals surface area contributed by atoms with Gasteiger partial charge < -0.3 is 0 Å². The molecule has 0 saturated heterocycles. The predicted octanol–water partition coefficient (Wildman–Crippen LogP) is 9.52. The molecule has 0 aromatic rings. The topological polar surface area (TPSA) is 0 Å². The molecule has 158 valence electrons. The van der Waals surface area contributed by atoms with Gasteiger partial charge in [0, 0.05) is 0 Å². The van der Waals surface area contributed by atoms with Gasteiger partial charge in [-0.05, 0) is 25.7 Å². The second-order valence-electron chi connectivity index (χ2n) is 7.63. The molecule has 0 aliphatic heterocycles. The summed E-state index contributed by atoms with van der Waals surface area (Å²) in [6.07, 6.45) is 51.5. The monoisotopic (exact) mass is 390 g/mol. The van der Waals surface area contributed by atoms with Gasteiger partial charge >= 0.3 is 0 Å². The highest BCUT2D eigenvalue weighted by Crippen LogP contribution is 2.12. The van der Waals surface area contributed by atoms with Crippen LogP contribution in [0.3, 0.4) is 0 Å². The summed E-state index contributed by atoms with van der Waals surface area (Å²) in [5.74, 6) is 0. The Kier molecular flexibility index (Phi) is 19.1. The molecular weight excluding hydrogens is 348 g/mol. The van der Waals surface area contributed by atoms with E-state index in [0.717, 1.165) is 0 Å². The van der Waals surface area contributed by atoms with Crippen molar-refractivity contribution in [2.45, 2.75) is 83.5 Å². The van der Waals surface area contributed by atoms with Gasteiger partial charge in [0.15, 0.2) is 0 Å². The van der Waals surface area contributed by atoms with E-state index < -0.39 is 0 Å². The van der Waals surface area contributed by atoms with Crippen LogP contribution in [0.1, 0.15) is 83.5 Å². The Morgan fingerprint density at radius 2 is 0.414 bits per heavy atom. The largest absolute Gasteiger partial charge is 0.0845 e. The summed E-state index contributed by atoms with van der Waals surface area (Å²) in [6.45, 7) is 0. The number of hydrogen-bond acceptors (Lipinski definition) is 0. The van der Waals surface area contributed by atoms with Crippen LogP contribution in [-0.2, 0) is 0 Å². The van der Waals surface area contributed by atoms with Gasteiger partial charge in [-0.3, -0.25) is 0 Å². The van der Waals surface area contributed by atoms with Crippen molar-refractivity contribution < 1.29 is 0 Å². The summed E-state index contributed by atoms with van der Waals surface area (Å²) < 4.78 is 0. The van der Waals surface area contributed by atoms with Crippen LogP contribution in [0, 0.1) is 0 Å². The molecule has 0 fully saturated rings. The molecule has 0 atom stereocenters. The zero-order valence-corrected chi connectivity index (χ0v) is 18.4. The lowest BCUT2D eigenvalue weighted by molar-refractivity contribution is 0.547. The molecule has 0 radical (unpaired) electrons. The van der Waals surface area contributed by atoms with Crippen molar-refractivity contribution >= 4 is 0 Å². The Bertz CT molecular complexity index is 523. The summed E-state index contributed by atoms with van der Waals surface area (Å²) in [5.41, 5.74) is 0. The van der Waals surface area contributed by atoms with Crippen LogP contribution in [-0.4, -0.2) is 0 Å². The van der Waals surface area contributed by atoms with Crippen LogP contribution in [0.25, 0.3) is 0 Å². The Morgan fingerprint density at radius 3 is 0.690 bits per heavy atom. The highest BCUT2D eigenvalue weighted by atomic mass is 14.0. The first-order valence-electron chi connectivity index (χ1n) is 11.8. The fraction of sp³-hybridized carbons (Fsp3) is 0.448. The maximum absolute atomic E-state index is 2.29. The van der Waals surface area contributed by atoms with Crippen LogP contribution >= 0.6 is 0 Å². The normalized spacial score (nSPS) is 19.6. The van der Waals surface area contributed by atoms with E-state index in [0.29, 0.717) is 0 Å². The van der Waals surface area contributed by atoms with Crippen molar-refractivity contribution in [3.05, 3.63) is 97.2 Å². The summed E-state index contributed by atoms with van der Waals surface area (Å²) in [5, 5.41) is 0. The maximum atomic E-state index is 2.29. The molecule has 0 aromatic heterocycles. The Hall–Kier alpha value is -2.08. The van der Waals surface area contributed by atoms with E-state index in [-0.39, 0.29) is 0 Å². The molecule has 0 saturated carbocycles. The van der Waals surface area contributed by atoms with E-state index in [1.807, 2.05) is 24.3 Å². The molecule has 1 aliphatic carbocycles. The average Bonchev–Trinajstić information content (AvgIpc) is 2.73. The lowest BCUT2D eigenvalue weighted by Gasteiger charge is -2.02. The number of rotatable bonds is 0. The molecule has 0 bridgehead atoms. The van der Waals surface area contributed by atoms with E-state index in [1.54, 1.807) is 0 Å². The van der Waals surface area contributed by atoms with Crippen molar-refractivity contribution in [1.29, 1.82) is 0 Å². The molecule has 0 amide bonds. The van der Waals surface area contributed by atoms with Gasteiger partial charge in [0.05, 0.1) is 0 Å². The molecular formula is C29H42. The maximum Gasteiger partial charge on any atom is -0.0348 e. The Balaban J connectivity index is 2.34. The van der Waals surface area contributed by atoms with Gasteiger partial charge in [-0.25, -0.2) is 0 Å². The van der Waals surface area contributed by atoms with Gasteiger partial charge in [0.1, 0.15) is 0 Å². The minimum absolute atomic E-state index is 1.21. The summed E-state index contributed by atoms with van der Waals surface area (Å²) >= 11 is 0. The van der Waals surface area contributed by atoms with Gasteiger partial charge in [0.25, 0.3) is 0 Å². The third-order valence-corrected chi connectivity index (χ3v) is 4.96. The average molecular weight is 391 g/mol. The highest BCUT2D eigenvalue weighted by Gasteiger charge is 1.93. The van der Waals surface area contributed by atoms with Gasteiger partial charge in [-0.2, -0.15) is 0 Å². The molecule has 0 nitrogen and oxygen atoms in total. The molecule has 0 unspecified atom stereocenters. The number of allylic oxidation sites excluding steroid dienone is 16. The fourth-order valence-electron chi connectivity index (χ4n) is 3.23. The zero-order valence-electron chi connectivity index (χ0n) is 18.4. The second-order valence-corrected chi connectivity index (χ2v) is 7.63. The van der Waals surface area contributed by atoms with E-state index in [2.05, 4.69) is 72.9 Å². The first kappa shape index (κ1) is 25.0. The fourth-order valence-corrected chi connectivity index (χ4v) is 3.23. The molecule has 1 rings (SSSR count). The Labute approximate surface area is 180 Å². The SMILES string of the molecule is C1=CC=CC=CC=CCCCCCCCCCCCCCC=CC=CC=CC=C1. The van der Waals surface area contributed by atoms with Crippen molar-refractivity contribution in [2.75, 3.05) is 0 Å². The molecule has 0 heterocycles. The van der Waals surface area contributed by atoms with Crippen LogP contribution in [0.15, 0.2) is 97.2 Å². The second kappa shape index (κ2) is 22.2. The molecule has 0 heteroatoms. The van der Waals surface area contributed by atoms with Crippen LogP contribution in [0.4, 0.5) is 0 Å². The van der Waals surface area contributed by atoms with E-state index >= 15 is 0 Å². The van der Waals surface area contributed by atoms with Crippen molar-refractivity contribution in [3.8, 4) is 0 Å². The van der Waals surface area contributed by atoms with Crippen LogP contribution in [0.5, 0.6) is 0 Å². The quantitative estimate of drug-likeness (QED) is 0.386. The van der Waals surface area contributed by atoms with Gasteiger partial charge in [-0.15, -0.1) is 0 Å². The van der Waals surface area contributed by atoms with E-state index in [1.165, 1.54) is 83.5 Å². The van der Waals surface area contributed by atoms with Crippen molar-refractivity contribution in [1.82, 2.24) is 0 Å². The molecule has 1 aliphatic rings. The van der Waals surface area contributed by atoms with Gasteiger partial charge in [0.2, 0.25) is 0 Å². The lowest BCUT2D eigenvalue weighted by Crippen LogP contribution is -1.82. The standard InChI is InChI=1S/C29H42/c1-2-4-6-8-10-12-14-16-18-20-22-24-26-28-29-27-25-23-21-19-17-15-13-11-9-7-5-3-1/h1-16H,17-29H2. The van der Waals surface area contributed by atoms with Crippen molar-refractivity contribution in [2.24, 2.45) is 0 Å². The smallest absolute Gasteiger partial charge is 0.0348 e. The van der Waals surface area contributed by atoms with E-state index in [9.17, 15) is 0 Å². The van der Waals surface area contributed by atoms with Crippen LogP contribution in [0.2, 0.25) is 0 Å². The highest BCUT2D eigenvalue weighted by molar-refractivity contribution is 5.21. The first-order chi connectivity index (χ1) is 14.5. The predicted molar refractivity (Wildman–Crippen MR) is 133 cm³/mol. The minimum Gasteiger partial charge on any atom is -0.0845 e. The third-order valence-electron chi connectivity index (χ3n) is 4.96. The number of hydrogen-bond donors (Lipinski definition) is 0. The zero-order chi connectivity index (χ0) is 20.5. The molecule has 29 heavy (non-hydrogen) atoms. The van der Waals surface area contributed by atoms with E-state index in [4.69, 9.17) is 0 Å². The van der Waals surface area contributed by atoms with Crippen LogP contribution < -0.4 is 0 Å². The summed E-state index contributed by atoms with van der Waals surface area (Å²) in [6, 6.07) is 0.